The van der Waals surface area contributed by atoms with E-state index in [9.17, 15) is 4.79 Å². The molecule has 0 N–H and O–H groups in total. The third-order valence-electron chi connectivity index (χ3n) is 4.30. The summed E-state index contributed by atoms with van der Waals surface area (Å²) in [6.07, 6.45) is 5.30. The van der Waals surface area contributed by atoms with Crippen LogP contribution >= 0.6 is 11.3 Å². The molecule has 4 heterocycles. The summed E-state index contributed by atoms with van der Waals surface area (Å²) in [5.74, 6) is 1.46. The zero-order valence-electron chi connectivity index (χ0n) is 13.7. The lowest BCUT2D eigenvalue weighted by Gasteiger charge is -2.25. The highest BCUT2D eigenvalue weighted by atomic mass is 32.1. The highest BCUT2D eigenvalue weighted by Gasteiger charge is 2.19. The molecule has 26 heavy (non-hydrogen) atoms. The van der Waals surface area contributed by atoms with Gasteiger partial charge in [-0.05, 0) is 35.9 Å². The van der Waals surface area contributed by atoms with Crippen molar-refractivity contribution in [1.82, 2.24) is 9.55 Å². The van der Waals surface area contributed by atoms with Gasteiger partial charge in [-0.3, -0.25) is 14.3 Å². The number of hydrogen-bond donors (Lipinski definition) is 0. The Bertz CT molecular complexity index is 1150. The Morgan fingerprint density at radius 1 is 1.12 bits per heavy atom. The minimum atomic E-state index is -0.0315. The second-order valence-electron chi connectivity index (χ2n) is 5.93. The minimum Gasteiger partial charge on any atom is -0.454 e. The highest BCUT2D eigenvalue weighted by molar-refractivity contribution is 7.07. The molecule has 1 aromatic carbocycles. The molecule has 0 unspecified atom stereocenters. The van der Waals surface area contributed by atoms with Crippen molar-refractivity contribution in [3.05, 3.63) is 68.0 Å². The van der Waals surface area contributed by atoms with Crippen molar-refractivity contribution in [1.29, 1.82) is 0 Å². The van der Waals surface area contributed by atoms with Crippen LogP contribution in [0.15, 0.2) is 52.5 Å². The van der Waals surface area contributed by atoms with Crippen molar-refractivity contribution < 1.29 is 9.47 Å². The van der Waals surface area contributed by atoms with E-state index in [1.165, 1.54) is 11.3 Å². The average Bonchev–Trinajstić information content (AvgIpc) is 3.27. The first-order valence-electron chi connectivity index (χ1n) is 8.08. The third kappa shape index (κ3) is 2.55. The molecule has 7 nitrogen and oxygen atoms in total. The Balaban J connectivity index is 1.50. The molecule has 0 amide bonds. The number of ether oxygens (including phenoxy) is 2. The number of hydrogen-bond acceptors (Lipinski definition) is 7. The molecule has 2 aromatic heterocycles. The molecule has 8 heteroatoms. The first-order chi connectivity index (χ1) is 12.8. The lowest BCUT2D eigenvalue weighted by Crippen LogP contribution is -2.42. The molecule has 0 aliphatic carbocycles. The monoisotopic (exact) mass is 366 g/mol. The topological polar surface area (TPSA) is 69.0 Å². The minimum absolute atomic E-state index is 0.0315. The molecule has 130 valence electrons. The van der Waals surface area contributed by atoms with Crippen molar-refractivity contribution in [2.24, 2.45) is 4.99 Å². The molecular weight excluding hydrogens is 352 g/mol. The zero-order chi connectivity index (χ0) is 17.5. The fourth-order valence-corrected chi connectivity index (χ4v) is 3.93. The normalized spacial score (nSPS) is 15.7. The Morgan fingerprint density at radius 2 is 1.96 bits per heavy atom. The second-order valence-corrected chi connectivity index (χ2v) is 6.93. The molecular formula is C18H14N4O3S. The van der Waals surface area contributed by atoms with Gasteiger partial charge in [-0.15, -0.1) is 0 Å². The van der Waals surface area contributed by atoms with Crippen LogP contribution in [0.4, 0.5) is 5.69 Å². The summed E-state index contributed by atoms with van der Waals surface area (Å²) in [7, 11) is 0. The van der Waals surface area contributed by atoms with Crippen LogP contribution in [0.2, 0.25) is 0 Å². The molecule has 0 saturated heterocycles. The van der Waals surface area contributed by atoms with Gasteiger partial charge >= 0.3 is 0 Å². The van der Waals surface area contributed by atoms with E-state index in [1.54, 1.807) is 17.0 Å². The second kappa shape index (κ2) is 5.99. The molecule has 0 atom stereocenters. The van der Waals surface area contributed by atoms with Crippen molar-refractivity contribution in [2.45, 2.75) is 6.67 Å². The molecule has 5 rings (SSSR count). The van der Waals surface area contributed by atoms with Gasteiger partial charge in [0.1, 0.15) is 13.3 Å². The van der Waals surface area contributed by atoms with Crippen LogP contribution in [-0.4, -0.2) is 23.0 Å². The lowest BCUT2D eigenvalue weighted by molar-refractivity contribution is 0.174. The number of nitrogens with zero attached hydrogens (tertiary/aromatic N) is 4. The molecule has 0 saturated carbocycles. The maximum absolute atomic E-state index is 12.8. The van der Waals surface area contributed by atoms with Crippen LogP contribution in [0.3, 0.4) is 0 Å². The number of rotatable bonds is 2. The van der Waals surface area contributed by atoms with E-state index in [2.05, 4.69) is 9.98 Å². The van der Waals surface area contributed by atoms with E-state index in [0.717, 1.165) is 27.6 Å². The Kier molecular flexibility index (Phi) is 3.49. The number of thiazole rings is 1. The number of anilines is 1. The number of aromatic nitrogens is 2. The summed E-state index contributed by atoms with van der Waals surface area (Å²) >= 11 is 1.41. The van der Waals surface area contributed by atoms with Gasteiger partial charge in [-0.1, -0.05) is 11.3 Å². The van der Waals surface area contributed by atoms with E-state index < -0.39 is 0 Å². The smallest absolute Gasteiger partial charge is 0.271 e. The fraction of sp³-hybridized carbons (Fsp3) is 0.167. The van der Waals surface area contributed by atoms with Crippen molar-refractivity contribution in [2.75, 3.05) is 18.4 Å². The lowest BCUT2D eigenvalue weighted by atomic mass is 10.2. The van der Waals surface area contributed by atoms with E-state index >= 15 is 0 Å². The van der Waals surface area contributed by atoms with Crippen molar-refractivity contribution >= 4 is 23.1 Å². The predicted octanol–water partition coefficient (Wildman–Crippen LogP) is 0.917. The van der Waals surface area contributed by atoms with Crippen LogP contribution in [0.1, 0.15) is 5.56 Å². The van der Waals surface area contributed by atoms with E-state index in [4.69, 9.17) is 9.47 Å². The molecule has 0 fully saturated rings. The highest BCUT2D eigenvalue weighted by Crippen LogP contribution is 2.35. The summed E-state index contributed by atoms with van der Waals surface area (Å²) in [6.45, 7) is 1.19. The van der Waals surface area contributed by atoms with Gasteiger partial charge in [0.15, 0.2) is 16.3 Å². The summed E-state index contributed by atoms with van der Waals surface area (Å²) in [5, 5.41) is 0. The summed E-state index contributed by atoms with van der Waals surface area (Å²) in [4.78, 5) is 24.1. The predicted molar refractivity (Wildman–Crippen MR) is 97.1 cm³/mol. The summed E-state index contributed by atoms with van der Waals surface area (Å²) in [6, 6.07) is 9.50. The van der Waals surface area contributed by atoms with Gasteiger partial charge in [0.05, 0.1) is 4.53 Å². The molecule has 2 aliphatic heterocycles. The first kappa shape index (κ1) is 15.2. The van der Waals surface area contributed by atoms with Gasteiger partial charge in [0, 0.05) is 24.1 Å². The van der Waals surface area contributed by atoms with Crippen LogP contribution in [-0.2, 0) is 6.67 Å². The SMILES string of the molecule is O=c1/c(=C/c2ccncc2)sc2n1CN(c1ccc3c(c1)OCO3)CN=2. The van der Waals surface area contributed by atoms with Crippen LogP contribution < -0.4 is 29.3 Å². The van der Waals surface area contributed by atoms with Crippen LogP contribution in [0.5, 0.6) is 11.5 Å². The van der Waals surface area contributed by atoms with Gasteiger partial charge < -0.3 is 14.4 Å². The molecule has 0 bridgehead atoms. The number of fused-ring (bicyclic) bond motifs is 2. The molecule has 0 radical (unpaired) electrons. The summed E-state index contributed by atoms with van der Waals surface area (Å²) < 4.78 is 13.2. The molecule has 2 aliphatic rings. The fourth-order valence-electron chi connectivity index (χ4n) is 2.97. The van der Waals surface area contributed by atoms with Gasteiger partial charge in [-0.25, -0.2) is 4.99 Å². The van der Waals surface area contributed by atoms with E-state index in [1.807, 2.05) is 41.3 Å². The van der Waals surface area contributed by atoms with Gasteiger partial charge in [0.25, 0.3) is 5.56 Å². The zero-order valence-corrected chi connectivity index (χ0v) is 14.5. The number of benzene rings is 1. The maximum Gasteiger partial charge on any atom is 0.271 e. The Labute approximate surface area is 152 Å². The average molecular weight is 366 g/mol. The third-order valence-corrected chi connectivity index (χ3v) is 5.35. The van der Waals surface area contributed by atoms with E-state index in [0.29, 0.717) is 17.9 Å². The Morgan fingerprint density at radius 3 is 2.85 bits per heavy atom. The largest absolute Gasteiger partial charge is 0.454 e. The van der Waals surface area contributed by atoms with Crippen LogP contribution in [0.25, 0.3) is 6.08 Å². The van der Waals surface area contributed by atoms with Gasteiger partial charge in [0.2, 0.25) is 6.79 Å². The standard InChI is InChI=1S/C18H14N4O3S/c23-17-16(7-12-3-5-19-6-4-12)26-18-20-9-21(10-22(17)18)13-1-2-14-15(8-13)25-11-24-14/h1-8H,9-11H2/b16-7-. The first-order valence-corrected chi connectivity index (χ1v) is 8.90. The van der Waals surface area contributed by atoms with Gasteiger partial charge in [-0.2, -0.15) is 0 Å². The Hall–Kier alpha value is -3.13. The number of pyridine rings is 1. The van der Waals surface area contributed by atoms with E-state index in [-0.39, 0.29) is 12.4 Å². The molecule has 0 spiro atoms. The maximum atomic E-state index is 12.8. The van der Waals surface area contributed by atoms with Crippen molar-refractivity contribution in [3.8, 4) is 11.5 Å². The summed E-state index contributed by atoms with van der Waals surface area (Å²) in [5.41, 5.74) is 1.86. The van der Waals surface area contributed by atoms with Crippen molar-refractivity contribution in [3.63, 3.8) is 0 Å². The van der Waals surface area contributed by atoms with Crippen LogP contribution in [0, 0.1) is 0 Å². The molecule has 3 aromatic rings. The quantitative estimate of drug-likeness (QED) is 0.675.